The van der Waals surface area contributed by atoms with Crippen molar-refractivity contribution in [2.45, 2.75) is 50.0 Å². The largest absolute Gasteiger partial charge is 0.340 e. The highest BCUT2D eigenvalue weighted by atomic mass is 32.2. The molecule has 0 atom stereocenters. The van der Waals surface area contributed by atoms with E-state index in [1.807, 2.05) is 4.90 Å². The third-order valence-electron chi connectivity index (χ3n) is 4.66. The number of amides is 1. The van der Waals surface area contributed by atoms with Crippen molar-refractivity contribution in [3.8, 4) is 0 Å². The first-order valence-electron chi connectivity index (χ1n) is 9.00. The van der Waals surface area contributed by atoms with E-state index in [4.69, 9.17) is 0 Å². The van der Waals surface area contributed by atoms with Crippen molar-refractivity contribution in [1.82, 2.24) is 14.9 Å². The minimum atomic E-state index is -3.41. The van der Waals surface area contributed by atoms with Crippen molar-refractivity contribution in [2.24, 2.45) is 0 Å². The van der Waals surface area contributed by atoms with Gasteiger partial charge in [0.25, 0.3) is 0 Å². The summed E-state index contributed by atoms with van der Waals surface area (Å²) < 4.78 is 25.8. The quantitative estimate of drug-likeness (QED) is 0.730. The summed E-state index contributed by atoms with van der Waals surface area (Å²) >= 11 is 0. The van der Waals surface area contributed by atoms with Crippen molar-refractivity contribution in [1.29, 1.82) is 0 Å². The van der Waals surface area contributed by atoms with Crippen LogP contribution in [0.25, 0.3) is 0 Å². The number of aryl methyl sites for hydroxylation is 1. The summed E-state index contributed by atoms with van der Waals surface area (Å²) in [4.78, 5) is 15.0. The summed E-state index contributed by atoms with van der Waals surface area (Å²) in [6, 6.07) is 7.08. The molecule has 1 aliphatic rings. The van der Waals surface area contributed by atoms with Crippen molar-refractivity contribution < 1.29 is 13.2 Å². The predicted octanol–water partition coefficient (Wildman–Crippen LogP) is 1.52. The van der Waals surface area contributed by atoms with Crippen LogP contribution in [0.4, 0.5) is 0 Å². The Bertz CT molecular complexity index is 653. The molecule has 7 heteroatoms. The molecule has 1 amide bonds. The smallest absolute Gasteiger partial charge is 0.240 e. The third-order valence-corrected chi connectivity index (χ3v) is 6.09. The molecular formula is C18H29N3O3S. The summed E-state index contributed by atoms with van der Waals surface area (Å²) in [6.07, 6.45) is 4.09. The molecule has 1 aliphatic heterocycles. The first-order valence-corrected chi connectivity index (χ1v) is 10.5. The molecule has 0 radical (unpaired) electrons. The van der Waals surface area contributed by atoms with Crippen LogP contribution in [0.15, 0.2) is 29.2 Å². The van der Waals surface area contributed by atoms with E-state index in [-0.39, 0.29) is 10.8 Å². The van der Waals surface area contributed by atoms with E-state index in [1.54, 1.807) is 24.3 Å². The maximum atomic E-state index is 12.7. The minimum absolute atomic E-state index is 0.195. The molecule has 0 unspecified atom stereocenters. The highest BCUT2D eigenvalue weighted by Gasteiger charge is 2.24. The summed E-state index contributed by atoms with van der Waals surface area (Å²) in [7, 11) is -2.02. The minimum Gasteiger partial charge on any atom is -0.340 e. The molecule has 0 spiro atoms. The maximum Gasteiger partial charge on any atom is 0.240 e. The molecule has 6 nitrogen and oxygen atoms in total. The molecule has 140 valence electrons. The van der Waals surface area contributed by atoms with E-state index < -0.39 is 10.0 Å². The van der Waals surface area contributed by atoms with Crippen molar-refractivity contribution in [3.05, 3.63) is 29.8 Å². The molecule has 2 N–H and O–H groups in total. The van der Waals surface area contributed by atoms with Gasteiger partial charge in [-0.15, -0.1) is 0 Å². The average molecular weight is 368 g/mol. The van der Waals surface area contributed by atoms with Gasteiger partial charge in [0, 0.05) is 19.0 Å². The molecular weight excluding hydrogens is 338 g/mol. The molecule has 1 aromatic rings. The van der Waals surface area contributed by atoms with E-state index in [0.29, 0.717) is 18.9 Å². The zero-order valence-corrected chi connectivity index (χ0v) is 15.9. The maximum absolute atomic E-state index is 12.7. The van der Waals surface area contributed by atoms with Crippen LogP contribution >= 0.6 is 0 Å². The molecule has 1 heterocycles. The van der Waals surface area contributed by atoms with Crippen molar-refractivity contribution >= 4 is 15.9 Å². The summed E-state index contributed by atoms with van der Waals surface area (Å²) in [5.74, 6) is 0.195. The summed E-state index contributed by atoms with van der Waals surface area (Å²) in [6.45, 7) is 4.85. The summed E-state index contributed by atoms with van der Waals surface area (Å²) in [5.41, 5.74) is 0.977. The number of nitrogens with one attached hydrogen (secondary N) is 2. The first-order chi connectivity index (χ1) is 12.0. The fraction of sp³-hybridized carbons (Fsp3) is 0.611. The van der Waals surface area contributed by atoms with Crippen LogP contribution in [-0.4, -0.2) is 51.9 Å². The zero-order valence-electron chi connectivity index (χ0n) is 15.1. The van der Waals surface area contributed by atoms with E-state index >= 15 is 0 Å². The van der Waals surface area contributed by atoms with Gasteiger partial charge in [-0.3, -0.25) is 4.79 Å². The van der Waals surface area contributed by atoms with Crippen LogP contribution < -0.4 is 10.0 Å². The molecule has 2 rings (SSSR count). The Kier molecular flexibility index (Phi) is 7.40. The topological polar surface area (TPSA) is 78.5 Å². The van der Waals surface area contributed by atoms with Gasteiger partial charge in [-0.25, -0.2) is 13.1 Å². The van der Waals surface area contributed by atoms with Gasteiger partial charge in [0.15, 0.2) is 0 Å². The van der Waals surface area contributed by atoms with Crippen LogP contribution in [0, 0.1) is 0 Å². The van der Waals surface area contributed by atoms with Gasteiger partial charge in [0.1, 0.15) is 0 Å². The lowest BCUT2D eigenvalue weighted by Crippen LogP contribution is -2.46. The Morgan fingerprint density at radius 1 is 1.24 bits per heavy atom. The predicted molar refractivity (Wildman–Crippen MR) is 98.9 cm³/mol. The lowest BCUT2D eigenvalue weighted by molar-refractivity contribution is -0.134. The number of carbonyl (C=O) groups is 1. The first kappa shape index (κ1) is 19.9. The van der Waals surface area contributed by atoms with Crippen LogP contribution in [0.2, 0.25) is 0 Å². The highest BCUT2D eigenvalue weighted by molar-refractivity contribution is 7.89. The normalized spacial score (nSPS) is 15.9. The number of nitrogens with zero attached hydrogens (tertiary/aromatic N) is 1. The zero-order chi connectivity index (χ0) is 18.3. The Morgan fingerprint density at radius 3 is 2.44 bits per heavy atom. The average Bonchev–Trinajstić information content (AvgIpc) is 2.65. The van der Waals surface area contributed by atoms with Gasteiger partial charge < -0.3 is 10.2 Å². The van der Waals surface area contributed by atoms with Gasteiger partial charge in [0.05, 0.1) is 4.90 Å². The lowest BCUT2D eigenvalue weighted by Gasteiger charge is -2.34. The van der Waals surface area contributed by atoms with Crippen LogP contribution in [0.5, 0.6) is 0 Å². The Hall–Kier alpha value is -1.44. The Balaban J connectivity index is 1.95. The van der Waals surface area contributed by atoms with Crippen LogP contribution in [-0.2, 0) is 21.2 Å². The lowest BCUT2D eigenvalue weighted by atomic mass is 10.0. The van der Waals surface area contributed by atoms with Gasteiger partial charge in [-0.05, 0) is 63.5 Å². The van der Waals surface area contributed by atoms with Crippen molar-refractivity contribution in [3.63, 3.8) is 0 Å². The monoisotopic (exact) mass is 367 g/mol. The molecule has 0 aliphatic carbocycles. The number of hydrogen-bond donors (Lipinski definition) is 2. The van der Waals surface area contributed by atoms with Gasteiger partial charge in [-0.2, -0.15) is 0 Å². The highest BCUT2D eigenvalue weighted by Crippen LogP contribution is 2.16. The SMILES string of the molecule is CCCN(C(=O)CCc1ccc(S(=O)(=O)NC)cc1)C1CCNCC1. The standard InChI is InChI=1S/C18H29N3O3S/c1-3-14-21(16-10-12-20-13-11-16)18(22)9-6-15-4-7-17(8-5-15)25(23,24)19-2/h4-5,7-8,16,19-20H,3,6,9-14H2,1-2H3. The van der Waals surface area contributed by atoms with Crippen molar-refractivity contribution in [2.75, 3.05) is 26.7 Å². The van der Waals surface area contributed by atoms with E-state index in [1.165, 1.54) is 7.05 Å². The van der Waals surface area contributed by atoms with E-state index in [0.717, 1.165) is 44.5 Å². The molecule has 1 saturated heterocycles. The molecule has 0 bridgehead atoms. The molecule has 0 saturated carbocycles. The van der Waals surface area contributed by atoms with Crippen LogP contribution in [0.3, 0.4) is 0 Å². The summed E-state index contributed by atoms with van der Waals surface area (Å²) in [5, 5.41) is 3.34. The molecule has 0 aromatic heterocycles. The number of sulfonamides is 1. The van der Waals surface area contributed by atoms with Gasteiger partial charge in [0.2, 0.25) is 15.9 Å². The fourth-order valence-electron chi connectivity index (χ4n) is 3.22. The second-order valence-corrected chi connectivity index (χ2v) is 8.31. The number of carbonyl (C=O) groups excluding carboxylic acids is 1. The molecule has 25 heavy (non-hydrogen) atoms. The second kappa shape index (κ2) is 9.31. The number of rotatable bonds is 8. The van der Waals surface area contributed by atoms with Crippen LogP contribution in [0.1, 0.15) is 38.2 Å². The van der Waals surface area contributed by atoms with E-state index in [2.05, 4.69) is 17.0 Å². The number of hydrogen-bond acceptors (Lipinski definition) is 4. The third kappa shape index (κ3) is 5.52. The van der Waals surface area contributed by atoms with Gasteiger partial charge >= 0.3 is 0 Å². The molecule has 1 fully saturated rings. The Morgan fingerprint density at radius 2 is 1.88 bits per heavy atom. The number of benzene rings is 1. The number of piperidine rings is 1. The van der Waals surface area contributed by atoms with Gasteiger partial charge in [-0.1, -0.05) is 19.1 Å². The molecule has 1 aromatic carbocycles. The van der Waals surface area contributed by atoms with E-state index in [9.17, 15) is 13.2 Å². The second-order valence-electron chi connectivity index (χ2n) is 6.42. The fourth-order valence-corrected chi connectivity index (χ4v) is 3.95. The Labute approximate surface area is 151 Å².